The average Bonchev–Trinajstić information content (AvgIpc) is 2.14. The van der Waals surface area contributed by atoms with E-state index < -0.39 is 39.9 Å². The summed E-state index contributed by atoms with van der Waals surface area (Å²) in [6.45, 7) is 0. The molecule has 0 aliphatic heterocycles. The lowest BCUT2D eigenvalue weighted by molar-refractivity contribution is -0.141. The fourth-order valence-electron chi connectivity index (χ4n) is 1.11. The summed E-state index contributed by atoms with van der Waals surface area (Å²) in [5.41, 5.74) is -2.96. The second kappa shape index (κ2) is 4.70. The van der Waals surface area contributed by atoms with Gasteiger partial charge < -0.3 is 5.11 Å². The molecular formula is C8H6F3NO4S. The van der Waals surface area contributed by atoms with Crippen molar-refractivity contribution in [3.63, 3.8) is 0 Å². The van der Waals surface area contributed by atoms with Crippen LogP contribution in [0.15, 0.2) is 12.1 Å². The van der Waals surface area contributed by atoms with Crippen molar-refractivity contribution in [2.45, 2.75) is 11.9 Å². The lowest BCUT2D eigenvalue weighted by Crippen LogP contribution is -2.16. The molecule has 0 saturated heterocycles. The second-order valence-electron chi connectivity index (χ2n) is 2.99. The number of thiol groups is 1. The number of carboxylic acids is 1. The van der Waals surface area contributed by atoms with Crippen LogP contribution in [0.4, 0.5) is 13.2 Å². The lowest BCUT2D eigenvalue weighted by atomic mass is 10.1. The Kier molecular flexibility index (Phi) is 3.71. The van der Waals surface area contributed by atoms with E-state index in [4.69, 9.17) is 5.11 Å². The van der Waals surface area contributed by atoms with Crippen LogP contribution in [-0.2, 0) is 22.6 Å². The van der Waals surface area contributed by atoms with Crippen molar-refractivity contribution in [2.75, 3.05) is 0 Å². The van der Waals surface area contributed by atoms with E-state index >= 15 is 0 Å². The average molecular weight is 269 g/mol. The molecule has 1 aromatic heterocycles. The van der Waals surface area contributed by atoms with Crippen molar-refractivity contribution < 1.29 is 31.5 Å². The Labute approximate surface area is 94.9 Å². The van der Waals surface area contributed by atoms with Crippen LogP contribution in [0.2, 0.25) is 0 Å². The number of halogens is 3. The van der Waals surface area contributed by atoms with Gasteiger partial charge in [-0.3, -0.25) is 0 Å². The van der Waals surface area contributed by atoms with Crippen LogP contribution in [0.25, 0.3) is 0 Å². The molecule has 0 aliphatic rings. The number of hydrogen-bond donors (Lipinski definition) is 2. The Morgan fingerprint density at radius 2 is 1.94 bits per heavy atom. The molecule has 1 heterocycles. The van der Waals surface area contributed by atoms with Gasteiger partial charge in [0.15, 0.2) is 5.69 Å². The first-order chi connectivity index (χ1) is 7.71. The molecule has 9 heteroatoms. The summed E-state index contributed by atoms with van der Waals surface area (Å²) in [6, 6.07) is 1.62. The third-order valence-corrected chi connectivity index (χ3v) is 2.33. The zero-order chi connectivity index (χ0) is 13.2. The standard InChI is InChI=1S/C8H6F3NO4S/c9-8(10,11)6-5(7(13)14)2-1-4(12-6)3-17(15)16/h1-2,17H,3H2,(H,13,14). The van der Waals surface area contributed by atoms with Crippen molar-refractivity contribution in [3.8, 4) is 0 Å². The van der Waals surface area contributed by atoms with Crippen LogP contribution in [0.1, 0.15) is 21.7 Å². The minimum Gasteiger partial charge on any atom is -0.478 e. The SMILES string of the molecule is O=C(O)c1ccc(C[SH](=O)=O)nc1C(F)(F)F. The van der Waals surface area contributed by atoms with Gasteiger partial charge in [-0.05, 0) is 12.1 Å². The Bertz CT molecular complexity index is 516. The van der Waals surface area contributed by atoms with Gasteiger partial charge in [-0.15, -0.1) is 0 Å². The number of pyridine rings is 1. The molecule has 0 aromatic carbocycles. The van der Waals surface area contributed by atoms with Crippen LogP contribution in [-0.4, -0.2) is 24.5 Å². The van der Waals surface area contributed by atoms with Gasteiger partial charge in [0.2, 0.25) is 0 Å². The minimum atomic E-state index is -4.95. The minimum absolute atomic E-state index is 0.349. The molecule has 0 radical (unpaired) electrons. The number of carbonyl (C=O) groups is 1. The topological polar surface area (TPSA) is 84.3 Å². The highest BCUT2D eigenvalue weighted by atomic mass is 32.2. The van der Waals surface area contributed by atoms with Crippen molar-refractivity contribution in [3.05, 3.63) is 29.1 Å². The van der Waals surface area contributed by atoms with Gasteiger partial charge in [0.1, 0.15) is 10.7 Å². The van der Waals surface area contributed by atoms with Crippen LogP contribution in [0.5, 0.6) is 0 Å². The molecule has 0 amide bonds. The molecule has 1 rings (SSSR count). The maximum Gasteiger partial charge on any atom is 0.434 e. The quantitative estimate of drug-likeness (QED) is 0.797. The highest BCUT2D eigenvalue weighted by Gasteiger charge is 2.37. The van der Waals surface area contributed by atoms with Gasteiger partial charge in [0.25, 0.3) is 0 Å². The van der Waals surface area contributed by atoms with Gasteiger partial charge >= 0.3 is 12.1 Å². The summed E-state index contributed by atoms with van der Waals surface area (Å²) in [7, 11) is -2.93. The van der Waals surface area contributed by atoms with Crippen LogP contribution in [0.3, 0.4) is 0 Å². The van der Waals surface area contributed by atoms with Crippen molar-refractivity contribution >= 4 is 16.7 Å². The predicted octanol–water partition coefficient (Wildman–Crippen LogP) is 0.910. The maximum atomic E-state index is 12.4. The zero-order valence-electron chi connectivity index (χ0n) is 8.06. The summed E-state index contributed by atoms with van der Waals surface area (Å²) >= 11 is 0. The number of carboxylic acid groups (broad SMARTS) is 1. The molecule has 1 aromatic rings. The van der Waals surface area contributed by atoms with E-state index in [-0.39, 0.29) is 5.69 Å². The fourth-order valence-corrected chi connectivity index (χ4v) is 1.55. The Balaban J connectivity index is 3.34. The number of aromatic nitrogens is 1. The summed E-state index contributed by atoms with van der Waals surface area (Å²) < 4.78 is 58.0. The van der Waals surface area contributed by atoms with Gasteiger partial charge in [-0.1, -0.05) is 0 Å². The van der Waals surface area contributed by atoms with Gasteiger partial charge in [-0.25, -0.2) is 18.2 Å². The molecule has 0 unspecified atom stereocenters. The molecule has 5 nitrogen and oxygen atoms in total. The maximum absolute atomic E-state index is 12.4. The lowest BCUT2D eigenvalue weighted by Gasteiger charge is -2.09. The summed E-state index contributed by atoms with van der Waals surface area (Å²) in [4.78, 5) is 13.6. The van der Waals surface area contributed by atoms with E-state index in [1.807, 2.05) is 0 Å². The second-order valence-corrected chi connectivity index (χ2v) is 3.97. The van der Waals surface area contributed by atoms with Crippen LogP contribution >= 0.6 is 0 Å². The molecule has 1 N–H and O–H groups in total. The molecular weight excluding hydrogens is 263 g/mol. The largest absolute Gasteiger partial charge is 0.478 e. The zero-order valence-corrected chi connectivity index (χ0v) is 8.96. The van der Waals surface area contributed by atoms with Crippen LogP contribution < -0.4 is 0 Å². The summed E-state index contributed by atoms with van der Waals surface area (Å²) in [5, 5.41) is 8.54. The van der Waals surface area contributed by atoms with Gasteiger partial charge in [0.05, 0.1) is 17.0 Å². The normalized spacial score (nSPS) is 11.8. The fraction of sp³-hybridized carbons (Fsp3) is 0.250. The number of hydrogen-bond acceptors (Lipinski definition) is 4. The van der Waals surface area contributed by atoms with Crippen molar-refractivity contribution in [1.82, 2.24) is 4.98 Å². The predicted molar refractivity (Wildman–Crippen MR) is 50.2 cm³/mol. The number of nitrogens with zero attached hydrogens (tertiary/aromatic N) is 1. The Morgan fingerprint density at radius 1 is 1.35 bits per heavy atom. The number of rotatable bonds is 3. The van der Waals surface area contributed by atoms with E-state index in [2.05, 4.69) is 4.98 Å². The van der Waals surface area contributed by atoms with E-state index in [1.54, 1.807) is 0 Å². The molecule has 0 aliphatic carbocycles. The molecule has 0 bridgehead atoms. The van der Waals surface area contributed by atoms with Crippen molar-refractivity contribution in [2.24, 2.45) is 0 Å². The van der Waals surface area contributed by atoms with Gasteiger partial charge in [-0.2, -0.15) is 13.2 Å². The number of aromatic carboxylic acids is 1. The van der Waals surface area contributed by atoms with E-state index in [0.717, 1.165) is 6.07 Å². The monoisotopic (exact) mass is 269 g/mol. The Hall–Kier alpha value is -1.64. The first-order valence-corrected chi connectivity index (χ1v) is 5.50. The van der Waals surface area contributed by atoms with E-state index in [9.17, 15) is 26.4 Å². The highest BCUT2D eigenvalue weighted by molar-refractivity contribution is 7.71. The molecule has 0 spiro atoms. The molecule has 17 heavy (non-hydrogen) atoms. The molecule has 0 atom stereocenters. The summed E-state index contributed by atoms with van der Waals surface area (Å²) in [6.07, 6.45) is -4.95. The molecule has 94 valence electrons. The smallest absolute Gasteiger partial charge is 0.434 e. The first kappa shape index (κ1) is 13.4. The number of alkyl halides is 3. The summed E-state index contributed by atoms with van der Waals surface area (Å²) in [5.74, 6) is -2.44. The third kappa shape index (κ3) is 3.41. The van der Waals surface area contributed by atoms with E-state index in [1.165, 1.54) is 0 Å². The van der Waals surface area contributed by atoms with Gasteiger partial charge in [0, 0.05) is 0 Å². The highest BCUT2D eigenvalue weighted by Crippen LogP contribution is 2.30. The van der Waals surface area contributed by atoms with Crippen molar-refractivity contribution in [1.29, 1.82) is 0 Å². The Morgan fingerprint density at radius 3 is 2.35 bits per heavy atom. The first-order valence-electron chi connectivity index (χ1n) is 4.14. The van der Waals surface area contributed by atoms with Crippen LogP contribution in [0, 0.1) is 0 Å². The molecule has 0 saturated carbocycles. The van der Waals surface area contributed by atoms with E-state index in [0.29, 0.717) is 6.07 Å². The third-order valence-electron chi connectivity index (χ3n) is 1.74. The molecule has 0 fully saturated rings.